The number of nitrogens with one attached hydrogen (secondary N) is 1. The minimum atomic E-state index is -1.30. The highest BCUT2D eigenvalue weighted by Gasteiger charge is 2.17. The first-order chi connectivity index (χ1) is 12.5. The average molecular weight is 355 g/mol. The van der Waals surface area contributed by atoms with Crippen molar-refractivity contribution >= 4 is 22.6 Å². The van der Waals surface area contributed by atoms with Gasteiger partial charge in [-0.25, -0.2) is 13.9 Å². The third-order valence-corrected chi connectivity index (χ3v) is 3.80. The van der Waals surface area contributed by atoms with Crippen molar-refractivity contribution in [3.63, 3.8) is 0 Å². The highest BCUT2D eigenvalue weighted by atomic mass is 19.1. The minimum Gasteiger partial charge on any atom is -0.476 e. The van der Waals surface area contributed by atoms with Crippen LogP contribution in [0.3, 0.4) is 0 Å². The molecule has 0 saturated carbocycles. The Morgan fingerprint density at radius 2 is 1.73 bits per heavy atom. The second-order valence-electron chi connectivity index (χ2n) is 5.53. The number of hydrogen-bond donors (Lipinski definition) is 2. The van der Waals surface area contributed by atoms with E-state index in [4.69, 9.17) is 0 Å². The number of nitrogens with zero attached hydrogens (tertiary/aromatic N) is 2. The standard InChI is InChI=1S/C18H14FN3O4/c19-14-8-4-1-5-11(14)9-20-15(23)10-22-17(24)13-7-3-2-6-12(13)16(21-22)18(25)26/h1-8H,9-10H2,(H,20,23)(H,25,26). The van der Waals surface area contributed by atoms with Crippen LogP contribution in [-0.2, 0) is 17.9 Å². The molecule has 8 heteroatoms. The van der Waals surface area contributed by atoms with Crippen LogP contribution in [-0.4, -0.2) is 26.8 Å². The third-order valence-electron chi connectivity index (χ3n) is 3.80. The number of carbonyl (C=O) groups is 2. The summed E-state index contributed by atoms with van der Waals surface area (Å²) in [6.45, 7) is -0.530. The van der Waals surface area contributed by atoms with Crippen LogP contribution in [0.4, 0.5) is 4.39 Å². The van der Waals surface area contributed by atoms with Gasteiger partial charge in [-0.3, -0.25) is 9.59 Å². The largest absolute Gasteiger partial charge is 0.476 e. The molecule has 0 aliphatic rings. The van der Waals surface area contributed by atoms with E-state index in [2.05, 4.69) is 10.4 Å². The summed E-state index contributed by atoms with van der Waals surface area (Å²) in [5.41, 5.74) is -0.598. The molecule has 26 heavy (non-hydrogen) atoms. The van der Waals surface area contributed by atoms with Crippen LogP contribution in [0.2, 0.25) is 0 Å². The van der Waals surface area contributed by atoms with Crippen LogP contribution in [0.25, 0.3) is 10.8 Å². The topological polar surface area (TPSA) is 101 Å². The summed E-state index contributed by atoms with van der Waals surface area (Å²) < 4.78 is 14.4. The number of carbonyl (C=O) groups excluding carboxylic acids is 1. The van der Waals surface area contributed by atoms with E-state index in [1.54, 1.807) is 18.2 Å². The monoisotopic (exact) mass is 355 g/mol. The van der Waals surface area contributed by atoms with E-state index in [9.17, 15) is 23.9 Å². The van der Waals surface area contributed by atoms with Gasteiger partial charge in [-0.05, 0) is 12.1 Å². The molecule has 0 radical (unpaired) electrons. The number of fused-ring (bicyclic) bond motifs is 1. The lowest BCUT2D eigenvalue weighted by Gasteiger charge is -2.10. The summed E-state index contributed by atoms with van der Waals surface area (Å²) in [6.07, 6.45) is 0. The quantitative estimate of drug-likeness (QED) is 0.723. The predicted molar refractivity (Wildman–Crippen MR) is 91.2 cm³/mol. The average Bonchev–Trinajstić information content (AvgIpc) is 2.63. The van der Waals surface area contributed by atoms with E-state index in [-0.39, 0.29) is 23.0 Å². The van der Waals surface area contributed by atoms with Crippen molar-refractivity contribution in [2.24, 2.45) is 0 Å². The first kappa shape index (κ1) is 17.3. The summed E-state index contributed by atoms with van der Waals surface area (Å²) in [5, 5.41) is 15.9. The number of rotatable bonds is 5. The van der Waals surface area contributed by atoms with Gasteiger partial charge in [0.05, 0.1) is 5.39 Å². The summed E-state index contributed by atoms with van der Waals surface area (Å²) in [6, 6.07) is 12.1. The third kappa shape index (κ3) is 3.44. The Hall–Kier alpha value is -3.55. The van der Waals surface area contributed by atoms with E-state index in [1.165, 1.54) is 30.3 Å². The Labute approximate surface area is 146 Å². The second-order valence-corrected chi connectivity index (χ2v) is 5.53. The number of amides is 1. The van der Waals surface area contributed by atoms with Gasteiger partial charge in [-0.15, -0.1) is 0 Å². The highest BCUT2D eigenvalue weighted by Crippen LogP contribution is 2.13. The molecule has 2 N–H and O–H groups in total. The molecule has 0 aliphatic carbocycles. The lowest BCUT2D eigenvalue weighted by molar-refractivity contribution is -0.122. The maximum Gasteiger partial charge on any atom is 0.357 e. The van der Waals surface area contributed by atoms with Gasteiger partial charge in [-0.1, -0.05) is 36.4 Å². The Balaban J connectivity index is 1.85. The van der Waals surface area contributed by atoms with Gasteiger partial charge >= 0.3 is 5.97 Å². The van der Waals surface area contributed by atoms with Gasteiger partial charge in [0, 0.05) is 17.5 Å². The molecule has 1 aromatic heterocycles. The van der Waals surface area contributed by atoms with Crippen molar-refractivity contribution < 1.29 is 19.1 Å². The smallest absolute Gasteiger partial charge is 0.357 e. The molecule has 2 aromatic carbocycles. The van der Waals surface area contributed by atoms with Crippen molar-refractivity contribution in [1.29, 1.82) is 0 Å². The SMILES string of the molecule is O=C(Cn1nc(C(=O)O)c2ccccc2c1=O)NCc1ccccc1F. The Kier molecular flexibility index (Phi) is 4.74. The lowest BCUT2D eigenvalue weighted by atomic mass is 10.1. The molecule has 0 aliphatic heterocycles. The van der Waals surface area contributed by atoms with E-state index in [0.29, 0.717) is 5.56 Å². The number of aromatic nitrogens is 2. The molecule has 0 atom stereocenters. The molecule has 7 nitrogen and oxygen atoms in total. The Bertz CT molecular complexity index is 1060. The molecule has 1 amide bonds. The van der Waals surface area contributed by atoms with Crippen LogP contribution < -0.4 is 10.9 Å². The number of hydrogen-bond acceptors (Lipinski definition) is 4. The number of aromatic carboxylic acids is 1. The maximum absolute atomic E-state index is 13.6. The number of benzene rings is 2. The molecule has 0 spiro atoms. The van der Waals surface area contributed by atoms with Gasteiger partial charge < -0.3 is 10.4 Å². The van der Waals surface area contributed by atoms with E-state index in [1.807, 2.05) is 0 Å². The van der Waals surface area contributed by atoms with E-state index >= 15 is 0 Å². The van der Waals surface area contributed by atoms with E-state index < -0.39 is 29.8 Å². The van der Waals surface area contributed by atoms with Gasteiger partial charge in [0.25, 0.3) is 5.56 Å². The second kappa shape index (κ2) is 7.14. The fraction of sp³-hybridized carbons (Fsp3) is 0.111. The first-order valence-electron chi connectivity index (χ1n) is 7.70. The van der Waals surface area contributed by atoms with Gasteiger partial charge in [0.15, 0.2) is 5.69 Å². The van der Waals surface area contributed by atoms with Gasteiger partial charge in [0.2, 0.25) is 5.91 Å². The normalized spacial score (nSPS) is 10.7. The number of carboxylic acid groups (broad SMARTS) is 1. The minimum absolute atomic E-state index is 0.0559. The molecule has 0 bridgehead atoms. The highest BCUT2D eigenvalue weighted by molar-refractivity contribution is 6.01. The molecule has 132 valence electrons. The molecule has 1 heterocycles. The molecule has 0 unspecified atom stereocenters. The lowest BCUT2D eigenvalue weighted by Crippen LogP contribution is -2.34. The Morgan fingerprint density at radius 3 is 2.42 bits per heavy atom. The van der Waals surface area contributed by atoms with Gasteiger partial charge in [0.1, 0.15) is 12.4 Å². The fourth-order valence-corrected chi connectivity index (χ4v) is 2.53. The fourth-order valence-electron chi connectivity index (χ4n) is 2.53. The zero-order valence-electron chi connectivity index (χ0n) is 13.5. The van der Waals surface area contributed by atoms with Crippen molar-refractivity contribution in [1.82, 2.24) is 15.1 Å². The summed E-state index contributed by atoms with van der Waals surface area (Å²) in [7, 11) is 0. The van der Waals surface area contributed by atoms with Crippen LogP contribution in [0, 0.1) is 5.82 Å². The summed E-state index contributed by atoms with van der Waals surface area (Å²) >= 11 is 0. The molecule has 0 saturated heterocycles. The molecule has 3 rings (SSSR count). The van der Waals surface area contributed by atoms with Crippen LogP contribution >= 0.6 is 0 Å². The van der Waals surface area contributed by atoms with Crippen LogP contribution in [0.15, 0.2) is 53.3 Å². The summed E-state index contributed by atoms with van der Waals surface area (Å²) in [5.74, 6) is -2.35. The van der Waals surface area contributed by atoms with Crippen LogP contribution in [0.5, 0.6) is 0 Å². The number of halogens is 1. The molecule has 3 aromatic rings. The molecular formula is C18H14FN3O4. The first-order valence-corrected chi connectivity index (χ1v) is 7.70. The van der Waals surface area contributed by atoms with Crippen molar-refractivity contribution in [3.8, 4) is 0 Å². The molecular weight excluding hydrogens is 341 g/mol. The number of carboxylic acids is 1. The summed E-state index contributed by atoms with van der Waals surface area (Å²) in [4.78, 5) is 35.9. The van der Waals surface area contributed by atoms with Gasteiger partial charge in [-0.2, -0.15) is 5.10 Å². The maximum atomic E-state index is 13.6. The Morgan fingerprint density at radius 1 is 1.08 bits per heavy atom. The zero-order chi connectivity index (χ0) is 18.7. The van der Waals surface area contributed by atoms with Crippen LogP contribution in [0.1, 0.15) is 16.1 Å². The zero-order valence-corrected chi connectivity index (χ0v) is 13.5. The van der Waals surface area contributed by atoms with Crippen molar-refractivity contribution in [2.45, 2.75) is 13.1 Å². The van der Waals surface area contributed by atoms with Crippen molar-refractivity contribution in [3.05, 3.63) is 76.0 Å². The molecule has 0 fully saturated rings. The van der Waals surface area contributed by atoms with E-state index in [0.717, 1.165) is 4.68 Å². The van der Waals surface area contributed by atoms with Crippen molar-refractivity contribution in [2.75, 3.05) is 0 Å². The predicted octanol–water partition coefficient (Wildman–Crippen LogP) is 1.55.